The largest absolute Gasteiger partial charge is 0.348 e. The summed E-state index contributed by atoms with van der Waals surface area (Å²) in [5.41, 5.74) is 0.955. The van der Waals surface area contributed by atoms with E-state index in [0.29, 0.717) is 11.4 Å². The van der Waals surface area contributed by atoms with Gasteiger partial charge in [-0.1, -0.05) is 23.8 Å². The lowest BCUT2D eigenvalue weighted by atomic mass is 10.2. The Kier molecular flexibility index (Phi) is 6.33. The molecule has 0 unspecified atom stereocenters. The molecule has 1 aromatic carbocycles. The van der Waals surface area contributed by atoms with E-state index in [-0.39, 0.29) is 11.4 Å². The third kappa shape index (κ3) is 4.67. The average molecular weight is 380 g/mol. The molecule has 0 aliphatic heterocycles. The Hall–Kier alpha value is -2.19. The van der Waals surface area contributed by atoms with Crippen LogP contribution in [0.2, 0.25) is 0 Å². The fraction of sp³-hybridized carbons (Fsp3) is 0.294. The molecule has 8 heteroatoms. The maximum absolute atomic E-state index is 13.0. The number of carbonyl (C=O) groups is 2. The average Bonchev–Trinajstić information content (AvgIpc) is 3.09. The number of aryl methyl sites for hydroxylation is 1. The van der Waals surface area contributed by atoms with Crippen LogP contribution in [0.15, 0.2) is 46.7 Å². The van der Waals surface area contributed by atoms with Gasteiger partial charge >= 0.3 is 11.8 Å². The van der Waals surface area contributed by atoms with Crippen molar-refractivity contribution in [1.29, 1.82) is 0 Å². The first-order chi connectivity index (χ1) is 11.9. The van der Waals surface area contributed by atoms with Crippen LogP contribution in [0.25, 0.3) is 0 Å². The minimum absolute atomic E-state index is 0.174. The zero-order chi connectivity index (χ0) is 18.4. The van der Waals surface area contributed by atoms with Crippen molar-refractivity contribution < 1.29 is 18.0 Å². The smallest absolute Gasteiger partial charge is 0.309 e. The molecule has 1 aromatic heterocycles. The summed E-state index contributed by atoms with van der Waals surface area (Å²) in [4.78, 5) is 24.1. The standard InChI is InChI=1S/C17H20N2O4S2/c1-3-18-16(20)17(21)19-11-15(14-5-4-10-24-14)25(22,23)13-8-6-12(2)7-9-13/h4-10,15H,3,11H2,1-2H3,(H,18,20)(H,19,21)/t15-/m0/s1. The Bertz CT molecular complexity index is 828. The number of thiophene rings is 1. The van der Waals surface area contributed by atoms with Crippen LogP contribution in [-0.2, 0) is 19.4 Å². The Morgan fingerprint density at radius 2 is 1.72 bits per heavy atom. The van der Waals surface area contributed by atoms with Crippen LogP contribution in [0.3, 0.4) is 0 Å². The summed E-state index contributed by atoms with van der Waals surface area (Å²) in [6.07, 6.45) is 0. The summed E-state index contributed by atoms with van der Waals surface area (Å²) in [5, 5.41) is 5.63. The quantitative estimate of drug-likeness (QED) is 0.748. The fourth-order valence-corrected chi connectivity index (χ4v) is 5.02. The van der Waals surface area contributed by atoms with E-state index < -0.39 is 26.9 Å². The number of hydrogen-bond donors (Lipinski definition) is 2. The molecule has 0 aliphatic carbocycles. The molecule has 25 heavy (non-hydrogen) atoms. The van der Waals surface area contributed by atoms with Crippen LogP contribution in [0.1, 0.15) is 22.6 Å². The molecule has 0 saturated carbocycles. The van der Waals surface area contributed by atoms with Crippen molar-refractivity contribution in [3.63, 3.8) is 0 Å². The molecule has 2 N–H and O–H groups in total. The third-order valence-corrected chi connectivity index (χ3v) is 6.81. The molecule has 6 nitrogen and oxygen atoms in total. The van der Waals surface area contributed by atoms with Gasteiger partial charge in [-0.05, 0) is 37.4 Å². The molecule has 0 radical (unpaired) electrons. The monoisotopic (exact) mass is 380 g/mol. The molecule has 134 valence electrons. The van der Waals surface area contributed by atoms with Crippen LogP contribution in [0.5, 0.6) is 0 Å². The van der Waals surface area contributed by atoms with Gasteiger partial charge in [-0.15, -0.1) is 11.3 Å². The van der Waals surface area contributed by atoms with E-state index in [0.717, 1.165) is 5.56 Å². The maximum Gasteiger partial charge on any atom is 0.309 e. The summed E-state index contributed by atoms with van der Waals surface area (Å²) in [6.45, 7) is 3.72. The molecule has 0 saturated heterocycles. The molecule has 0 bridgehead atoms. The van der Waals surface area contributed by atoms with Crippen molar-refractivity contribution in [3.8, 4) is 0 Å². The first kappa shape index (κ1) is 19.1. The zero-order valence-electron chi connectivity index (χ0n) is 14.0. The summed E-state index contributed by atoms with van der Waals surface area (Å²) in [7, 11) is -3.71. The lowest BCUT2D eigenvalue weighted by Crippen LogP contribution is -2.42. The molecule has 1 atom stereocenters. The summed E-state index contributed by atoms with van der Waals surface area (Å²) in [6, 6.07) is 10.0. The Labute approximate surface area is 151 Å². The molecule has 2 aromatic rings. The van der Waals surface area contributed by atoms with Gasteiger partial charge in [0.25, 0.3) is 0 Å². The normalized spacial score (nSPS) is 12.4. The second kappa shape index (κ2) is 8.26. The lowest BCUT2D eigenvalue weighted by molar-refractivity contribution is -0.139. The molecule has 0 spiro atoms. The Balaban J connectivity index is 2.26. The number of hydrogen-bond acceptors (Lipinski definition) is 5. The van der Waals surface area contributed by atoms with Crippen molar-refractivity contribution in [3.05, 3.63) is 52.2 Å². The van der Waals surface area contributed by atoms with Crippen molar-refractivity contribution in [1.82, 2.24) is 10.6 Å². The number of rotatable bonds is 6. The van der Waals surface area contributed by atoms with Gasteiger partial charge in [-0.3, -0.25) is 9.59 Å². The predicted molar refractivity (Wildman–Crippen MR) is 97.1 cm³/mol. The highest BCUT2D eigenvalue weighted by Crippen LogP contribution is 2.31. The Morgan fingerprint density at radius 3 is 2.28 bits per heavy atom. The van der Waals surface area contributed by atoms with E-state index in [4.69, 9.17) is 0 Å². The summed E-state index contributed by atoms with van der Waals surface area (Å²) in [5.74, 6) is -1.62. The van der Waals surface area contributed by atoms with Gasteiger partial charge in [0.1, 0.15) is 5.25 Å². The topological polar surface area (TPSA) is 92.3 Å². The highest BCUT2D eigenvalue weighted by atomic mass is 32.2. The first-order valence-corrected chi connectivity index (χ1v) is 10.2. The minimum Gasteiger partial charge on any atom is -0.348 e. The number of nitrogens with one attached hydrogen (secondary N) is 2. The van der Waals surface area contributed by atoms with Crippen LogP contribution in [-0.4, -0.2) is 33.3 Å². The second-order valence-electron chi connectivity index (χ2n) is 5.43. The molecule has 1 heterocycles. The minimum atomic E-state index is -3.71. The third-order valence-electron chi connectivity index (χ3n) is 3.58. The van der Waals surface area contributed by atoms with Crippen LogP contribution in [0, 0.1) is 6.92 Å². The van der Waals surface area contributed by atoms with Crippen molar-refractivity contribution in [2.45, 2.75) is 24.0 Å². The van der Waals surface area contributed by atoms with Crippen LogP contribution < -0.4 is 10.6 Å². The molecule has 0 aliphatic rings. The summed E-state index contributed by atoms with van der Waals surface area (Å²) < 4.78 is 26.0. The Morgan fingerprint density at radius 1 is 1.08 bits per heavy atom. The van der Waals surface area contributed by atoms with Gasteiger partial charge in [-0.25, -0.2) is 8.42 Å². The molecule has 2 amide bonds. The highest BCUT2D eigenvalue weighted by Gasteiger charge is 2.31. The van der Waals surface area contributed by atoms with Crippen molar-refractivity contribution in [2.75, 3.05) is 13.1 Å². The van der Waals surface area contributed by atoms with E-state index >= 15 is 0 Å². The van der Waals surface area contributed by atoms with Gasteiger partial charge in [0.05, 0.1) is 4.90 Å². The predicted octanol–water partition coefficient (Wildman–Crippen LogP) is 1.82. The van der Waals surface area contributed by atoms with Gasteiger partial charge < -0.3 is 10.6 Å². The van der Waals surface area contributed by atoms with Gasteiger partial charge in [0, 0.05) is 18.0 Å². The first-order valence-electron chi connectivity index (χ1n) is 7.76. The number of amides is 2. The maximum atomic E-state index is 13.0. The van der Waals surface area contributed by atoms with Crippen molar-refractivity contribution >= 4 is 33.0 Å². The summed E-state index contributed by atoms with van der Waals surface area (Å²) >= 11 is 1.30. The van der Waals surface area contributed by atoms with E-state index in [1.807, 2.05) is 6.92 Å². The van der Waals surface area contributed by atoms with E-state index in [2.05, 4.69) is 10.6 Å². The van der Waals surface area contributed by atoms with E-state index in [1.165, 1.54) is 11.3 Å². The molecule has 2 rings (SSSR count). The number of likely N-dealkylation sites (N-methyl/N-ethyl adjacent to an activating group) is 1. The number of carbonyl (C=O) groups excluding carboxylic acids is 2. The van der Waals surface area contributed by atoms with E-state index in [9.17, 15) is 18.0 Å². The molecule has 0 fully saturated rings. The zero-order valence-corrected chi connectivity index (χ0v) is 15.6. The van der Waals surface area contributed by atoms with Crippen LogP contribution in [0.4, 0.5) is 0 Å². The fourth-order valence-electron chi connectivity index (χ4n) is 2.24. The lowest BCUT2D eigenvalue weighted by Gasteiger charge is -2.17. The van der Waals surface area contributed by atoms with Gasteiger partial charge in [0.15, 0.2) is 9.84 Å². The van der Waals surface area contributed by atoms with Crippen LogP contribution >= 0.6 is 11.3 Å². The second-order valence-corrected chi connectivity index (χ2v) is 8.54. The van der Waals surface area contributed by atoms with Gasteiger partial charge in [-0.2, -0.15) is 0 Å². The SMILES string of the molecule is CCNC(=O)C(=O)NC[C@@H](c1cccs1)S(=O)(=O)c1ccc(C)cc1. The molecular formula is C17H20N2O4S2. The van der Waals surface area contributed by atoms with Crippen molar-refractivity contribution in [2.24, 2.45) is 0 Å². The number of benzene rings is 1. The number of sulfone groups is 1. The van der Waals surface area contributed by atoms with E-state index in [1.54, 1.807) is 48.7 Å². The molecular weight excluding hydrogens is 360 g/mol. The highest BCUT2D eigenvalue weighted by molar-refractivity contribution is 7.91. The van der Waals surface area contributed by atoms with Gasteiger partial charge in [0.2, 0.25) is 0 Å².